The molecular weight excluding hydrogens is 286 g/mol. The van der Waals surface area contributed by atoms with Crippen LogP contribution in [0, 0.1) is 5.92 Å². The number of hydrogen-bond donors (Lipinski definition) is 0. The molecule has 0 amide bonds. The maximum atomic E-state index is 6.27. The smallest absolute Gasteiger partial charge is 0.162 e. The molecule has 2 heterocycles. The number of benzene rings is 2. The van der Waals surface area contributed by atoms with Crippen molar-refractivity contribution in [2.75, 3.05) is 20.7 Å². The van der Waals surface area contributed by atoms with Crippen LogP contribution < -0.4 is 0 Å². The zero-order valence-corrected chi connectivity index (χ0v) is 13.7. The summed E-state index contributed by atoms with van der Waals surface area (Å²) in [4.78, 5) is 2.28. The van der Waals surface area contributed by atoms with Crippen molar-refractivity contribution in [2.24, 2.45) is 5.92 Å². The highest BCUT2D eigenvalue weighted by atomic mass is 16.7. The molecule has 1 fully saturated rings. The molecule has 0 unspecified atom stereocenters. The van der Waals surface area contributed by atoms with E-state index in [1.807, 2.05) is 0 Å². The Morgan fingerprint density at radius 1 is 1.00 bits per heavy atom. The van der Waals surface area contributed by atoms with Gasteiger partial charge >= 0.3 is 0 Å². The first-order valence-corrected chi connectivity index (χ1v) is 8.30. The Labute approximate surface area is 137 Å². The summed E-state index contributed by atoms with van der Waals surface area (Å²) < 4.78 is 12.3. The number of fused-ring (bicyclic) bond motifs is 4. The van der Waals surface area contributed by atoms with E-state index in [9.17, 15) is 0 Å². The van der Waals surface area contributed by atoms with Gasteiger partial charge in [-0.15, -0.1) is 0 Å². The van der Waals surface area contributed by atoms with Crippen LogP contribution >= 0.6 is 0 Å². The average Bonchev–Trinajstić information content (AvgIpc) is 2.58. The molecular formula is C20H23NO2. The van der Waals surface area contributed by atoms with E-state index in [0.29, 0.717) is 0 Å². The monoisotopic (exact) mass is 309 g/mol. The topological polar surface area (TPSA) is 21.7 Å². The van der Waals surface area contributed by atoms with Gasteiger partial charge in [0.2, 0.25) is 0 Å². The summed E-state index contributed by atoms with van der Waals surface area (Å²) in [6.07, 6.45) is 0.869. The summed E-state index contributed by atoms with van der Waals surface area (Å²) in [7, 11) is 4.27. The van der Waals surface area contributed by atoms with Crippen molar-refractivity contribution in [3.05, 3.63) is 71.3 Å². The zero-order chi connectivity index (χ0) is 15.8. The van der Waals surface area contributed by atoms with Crippen LogP contribution in [0.4, 0.5) is 0 Å². The van der Waals surface area contributed by atoms with Crippen molar-refractivity contribution in [1.82, 2.24) is 4.90 Å². The van der Waals surface area contributed by atoms with E-state index in [1.165, 1.54) is 16.7 Å². The summed E-state index contributed by atoms with van der Waals surface area (Å²) in [5, 5.41) is 0. The van der Waals surface area contributed by atoms with Gasteiger partial charge in [0.1, 0.15) is 0 Å². The fourth-order valence-electron chi connectivity index (χ4n) is 4.03. The van der Waals surface area contributed by atoms with Gasteiger partial charge in [-0.2, -0.15) is 0 Å². The lowest BCUT2D eigenvalue weighted by Crippen LogP contribution is -2.45. The van der Waals surface area contributed by atoms with Gasteiger partial charge in [0.05, 0.1) is 12.7 Å². The molecule has 0 N–H and O–H groups in total. The average molecular weight is 309 g/mol. The molecule has 2 bridgehead atoms. The van der Waals surface area contributed by atoms with Gasteiger partial charge in [-0.3, -0.25) is 0 Å². The predicted molar refractivity (Wildman–Crippen MR) is 90.1 cm³/mol. The van der Waals surface area contributed by atoms with Crippen LogP contribution in [0.25, 0.3) is 0 Å². The molecule has 2 aliphatic heterocycles. The Morgan fingerprint density at radius 3 is 2.52 bits per heavy atom. The van der Waals surface area contributed by atoms with Gasteiger partial charge in [0.15, 0.2) is 6.29 Å². The third-order valence-electron chi connectivity index (χ3n) is 5.01. The van der Waals surface area contributed by atoms with E-state index in [-0.39, 0.29) is 24.4 Å². The van der Waals surface area contributed by atoms with Crippen molar-refractivity contribution in [2.45, 2.75) is 24.9 Å². The van der Waals surface area contributed by atoms with Crippen LogP contribution in [0.2, 0.25) is 0 Å². The lowest BCUT2D eigenvalue weighted by atomic mass is 9.81. The van der Waals surface area contributed by atoms with E-state index in [4.69, 9.17) is 9.47 Å². The second-order valence-electron chi connectivity index (χ2n) is 6.71. The Morgan fingerprint density at radius 2 is 1.74 bits per heavy atom. The number of ether oxygens (including phenoxy) is 2. The molecule has 23 heavy (non-hydrogen) atoms. The number of rotatable bonds is 3. The van der Waals surface area contributed by atoms with Crippen LogP contribution in [0.5, 0.6) is 0 Å². The Hall–Kier alpha value is -1.68. The molecule has 0 radical (unpaired) electrons. The highest BCUT2D eigenvalue weighted by Crippen LogP contribution is 2.45. The molecule has 0 saturated carbocycles. The number of nitrogens with zero attached hydrogens (tertiary/aromatic N) is 1. The first-order chi connectivity index (χ1) is 11.2. The largest absolute Gasteiger partial charge is 0.352 e. The SMILES string of the molecule is CN(C)[C@H](c1ccccc1)[C@@H]1CO[C@H]2Cc3ccccc3[C@@H]1O2. The van der Waals surface area contributed by atoms with Crippen molar-refractivity contribution in [1.29, 1.82) is 0 Å². The molecule has 3 heteroatoms. The molecule has 0 aliphatic carbocycles. The van der Waals surface area contributed by atoms with Crippen molar-refractivity contribution < 1.29 is 9.47 Å². The van der Waals surface area contributed by atoms with Gasteiger partial charge in [0, 0.05) is 18.4 Å². The Balaban J connectivity index is 1.74. The minimum atomic E-state index is -0.0928. The van der Waals surface area contributed by atoms with Crippen LogP contribution in [0.1, 0.15) is 28.8 Å². The van der Waals surface area contributed by atoms with Gasteiger partial charge in [-0.25, -0.2) is 0 Å². The summed E-state index contributed by atoms with van der Waals surface area (Å²) in [6.45, 7) is 0.738. The minimum absolute atomic E-state index is 0.0928. The predicted octanol–water partition coefficient (Wildman–Crippen LogP) is 3.58. The molecule has 120 valence electrons. The molecule has 2 aromatic carbocycles. The molecule has 0 spiro atoms. The first-order valence-electron chi connectivity index (χ1n) is 8.30. The standard InChI is InChI=1S/C20H23NO2/c1-21(2)19(14-8-4-3-5-9-14)17-13-22-18-12-15-10-6-7-11-16(15)20(17)23-18/h3-11,17-20H,12-13H2,1-2H3/t17-,18+,19+,20-/m0/s1. The maximum Gasteiger partial charge on any atom is 0.162 e. The summed E-state index contributed by atoms with van der Waals surface area (Å²) >= 11 is 0. The Kier molecular flexibility index (Phi) is 3.93. The molecule has 4 atom stereocenters. The third kappa shape index (κ3) is 2.69. The van der Waals surface area contributed by atoms with Gasteiger partial charge < -0.3 is 14.4 Å². The summed E-state index contributed by atoms with van der Waals surface area (Å²) in [5.74, 6) is 0.282. The zero-order valence-electron chi connectivity index (χ0n) is 13.7. The fraction of sp³-hybridized carbons (Fsp3) is 0.400. The summed E-state index contributed by atoms with van der Waals surface area (Å²) in [6, 6.07) is 19.6. The first kappa shape index (κ1) is 14.9. The molecule has 0 aromatic heterocycles. The van der Waals surface area contributed by atoms with Gasteiger partial charge in [-0.05, 0) is 30.8 Å². The highest BCUT2D eigenvalue weighted by molar-refractivity contribution is 5.33. The lowest BCUT2D eigenvalue weighted by Gasteiger charge is -2.46. The van der Waals surface area contributed by atoms with Crippen LogP contribution in [-0.4, -0.2) is 31.9 Å². The Bertz CT molecular complexity index is 670. The van der Waals surface area contributed by atoms with Crippen molar-refractivity contribution in [3.63, 3.8) is 0 Å². The second-order valence-corrected chi connectivity index (χ2v) is 6.71. The molecule has 3 nitrogen and oxygen atoms in total. The quantitative estimate of drug-likeness (QED) is 0.865. The van der Waals surface area contributed by atoms with Crippen molar-refractivity contribution >= 4 is 0 Å². The summed E-state index contributed by atoms with van der Waals surface area (Å²) in [5.41, 5.74) is 4.01. The fourth-order valence-corrected chi connectivity index (χ4v) is 4.03. The van der Waals surface area contributed by atoms with Crippen LogP contribution in [0.15, 0.2) is 54.6 Å². The van der Waals surface area contributed by atoms with E-state index >= 15 is 0 Å². The van der Waals surface area contributed by atoms with Gasteiger partial charge in [0.25, 0.3) is 0 Å². The molecule has 2 aromatic rings. The van der Waals surface area contributed by atoms with Crippen LogP contribution in [-0.2, 0) is 15.9 Å². The van der Waals surface area contributed by atoms with E-state index in [1.54, 1.807) is 0 Å². The van der Waals surface area contributed by atoms with E-state index in [0.717, 1.165) is 13.0 Å². The van der Waals surface area contributed by atoms with Crippen LogP contribution in [0.3, 0.4) is 0 Å². The maximum absolute atomic E-state index is 6.27. The lowest BCUT2D eigenvalue weighted by molar-refractivity contribution is -0.254. The minimum Gasteiger partial charge on any atom is -0.352 e. The van der Waals surface area contributed by atoms with E-state index in [2.05, 4.69) is 73.6 Å². The van der Waals surface area contributed by atoms with Gasteiger partial charge in [-0.1, -0.05) is 54.6 Å². The molecule has 1 saturated heterocycles. The second kappa shape index (κ2) is 6.08. The van der Waals surface area contributed by atoms with Crippen molar-refractivity contribution in [3.8, 4) is 0 Å². The van der Waals surface area contributed by atoms with E-state index < -0.39 is 0 Å². The molecule has 2 aliphatic rings. The normalized spacial score (nSPS) is 27.5. The highest BCUT2D eigenvalue weighted by Gasteiger charge is 2.42. The third-order valence-corrected chi connectivity index (χ3v) is 5.01. The number of hydrogen-bond acceptors (Lipinski definition) is 3. The molecule has 4 rings (SSSR count).